The zero-order chi connectivity index (χ0) is 15.8. The number of halogens is 1. The Morgan fingerprint density at radius 1 is 1.14 bits per heavy atom. The first-order valence-electron chi connectivity index (χ1n) is 6.74. The highest BCUT2D eigenvalue weighted by molar-refractivity contribution is 6.17. The van der Waals surface area contributed by atoms with Crippen molar-refractivity contribution in [2.24, 2.45) is 0 Å². The van der Waals surface area contributed by atoms with Gasteiger partial charge in [0.1, 0.15) is 5.75 Å². The molecular weight excluding hydrogens is 294 g/mol. The SMILES string of the molecule is COc1cc(OC)c(C(=O)NC(C)CCCCl)cc1OC. The first-order chi connectivity index (χ1) is 10.1. The molecule has 0 aliphatic carbocycles. The largest absolute Gasteiger partial charge is 0.496 e. The molecule has 0 radical (unpaired) electrons. The molecule has 5 nitrogen and oxygen atoms in total. The van der Waals surface area contributed by atoms with Crippen LogP contribution in [-0.2, 0) is 0 Å². The standard InChI is InChI=1S/C15H22ClNO4/c1-10(6-5-7-16)17-15(18)11-8-13(20-3)14(21-4)9-12(11)19-2/h8-10H,5-7H2,1-4H3,(H,17,18). The summed E-state index contributed by atoms with van der Waals surface area (Å²) >= 11 is 5.66. The second kappa shape index (κ2) is 8.62. The summed E-state index contributed by atoms with van der Waals surface area (Å²) in [5.41, 5.74) is 0.410. The Morgan fingerprint density at radius 2 is 1.71 bits per heavy atom. The number of alkyl halides is 1. The zero-order valence-electron chi connectivity index (χ0n) is 12.9. The molecule has 0 aromatic heterocycles. The van der Waals surface area contributed by atoms with Crippen molar-refractivity contribution in [1.82, 2.24) is 5.32 Å². The molecule has 6 heteroatoms. The van der Waals surface area contributed by atoms with Gasteiger partial charge in [-0.05, 0) is 19.8 Å². The van der Waals surface area contributed by atoms with Gasteiger partial charge in [-0.15, -0.1) is 11.6 Å². The Bertz CT molecular complexity index is 479. The number of methoxy groups -OCH3 is 3. The van der Waals surface area contributed by atoms with E-state index in [1.54, 1.807) is 12.1 Å². The summed E-state index contributed by atoms with van der Waals surface area (Å²) in [6.45, 7) is 1.94. The van der Waals surface area contributed by atoms with Crippen LogP contribution in [0.25, 0.3) is 0 Å². The number of amides is 1. The lowest BCUT2D eigenvalue weighted by molar-refractivity contribution is 0.0935. The van der Waals surface area contributed by atoms with E-state index in [-0.39, 0.29) is 11.9 Å². The maximum atomic E-state index is 12.3. The number of hydrogen-bond donors (Lipinski definition) is 1. The molecule has 1 N–H and O–H groups in total. The van der Waals surface area contributed by atoms with E-state index >= 15 is 0 Å². The van der Waals surface area contributed by atoms with Crippen LogP contribution in [0.5, 0.6) is 17.2 Å². The molecule has 0 saturated heterocycles. The quantitative estimate of drug-likeness (QED) is 0.749. The summed E-state index contributed by atoms with van der Waals surface area (Å²) in [4.78, 5) is 12.3. The Kier molecular flexibility index (Phi) is 7.15. The number of nitrogens with one attached hydrogen (secondary N) is 1. The van der Waals surface area contributed by atoms with E-state index in [0.29, 0.717) is 28.7 Å². The van der Waals surface area contributed by atoms with Gasteiger partial charge in [-0.2, -0.15) is 0 Å². The van der Waals surface area contributed by atoms with Crippen molar-refractivity contribution in [3.63, 3.8) is 0 Å². The first-order valence-corrected chi connectivity index (χ1v) is 7.27. The van der Waals surface area contributed by atoms with Gasteiger partial charge in [-0.1, -0.05) is 0 Å². The summed E-state index contributed by atoms with van der Waals surface area (Å²) in [7, 11) is 4.56. The fourth-order valence-corrected chi connectivity index (χ4v) is 2.12. The third kappa shape index (κ3) is 4.70. The fourth-order valence-electron chi connectivity index (χ4n) is 1.96. The monoisotopic (exact) mass is 315 g/mol. The summed E-state index contributed by atoms with van der Waals surface area (Å²) in [5, 5.41) is 2.92. The molecule has 0 saturated carbocycles. The molecule has 0 aliphatic heterocycles. The molecule has 1 unspecified atom stereocenters. The molecule has 1 atom stereocenters. The van der Waals surface area contributed by atoms with E-state index in [1.807, 2.05) is 6.92 Å². The van der Waals surface area contributed by atoms with Gasteiger partial charge in [0, 0.05) is 24.1 Å². The first kappa shape index (κ1) is 17.4. The molecule has 1 aromatic carbocycles. The van der Waals surface area contributed by atoms with Crippen LogP contribution < -0.4 is 19.5 Å². The lowest BCUT2D eigenvalue weighted by Crippen LogP contribution is -2.32. The summed E-state index contributed by atoms with van der Waals surface area (Å²) in [6.07, 6.45) is 1.68. The molecule has 1 amide bonds. The van der Waals surface area contributed by atoms with Crippen molar-refractivity contribution in [3.05, 3.63) is 17.7 Å². The molecule has 118 valence electrons. The topological polar surface area (TPSA) is 56.8 Å². The Balaban J connectivity index is 2.97. The van der Waals surface area contributed by atoms with E-state index in [2.05, 4.69) is 5.32 Å². The summed E-state index contributed by atoms with van der Waals surface area (Å²) in [6, 6.07) is 3.28. The number of carbonyl (C=O) groups is 1. The molecule has 0 bridgehead atoms. The van der Waals surface area contributed by atoms with Gasteiger partial charge in [0.15, 0.2) is 11.5 Å². The molecular formula is C15H22ClNO4. The molecule has 21 heavy (non-hydrogen) atoms. The van der Waals surface area contributed by atoms with E-state index < -0.39 is 0 Å². The summed E-state index contributed by atoms with van der Waals surface area (Å²) < 4.78 is 15.7. The smallest absolute Gasteiger partial charge is 0.255 e. The minimum absolute atomic E-state index is 0.0362. The highest BCUT2D eigenvalue weighted by Gasteiger charge is 2.18. The molecule has 0 heterocycles. The van der Waals surface area contributed by atoms with E-state index in [0.717, 1.165) is 12.8 Å². The molecule has 1 aromatic rings. The van der Waals surface area contributed by atoms with Crippen LogP contribution >= 0.6 is 11.6 Å². The minimum Gasteiger partial charge on any atom is -0.496 e. The van der Waals surface area contributed by atoms with Gasteiger partial charge < -0.3 is 19.5 Å². The number of benzene rings is 1. The number of carbonyl (C=O) groups excluding carboxylic acids is 1. The Morgan fingerprint density at radius 3 is 2.24 bits per heavy atom. The van der Waals surface area contributed by atoms with Gasteiger partial charge >= 0.3 is 0 Å². The second-order valence-corrected chi connectivity index (χ2v) is 4.99. The van der Waals surface area contributed by atoms with Gasteiger partial charge in [-0.3, -0.25) is 4.79 Å². The fraction of sp³-hybridized carbons (Fsp3) is 0.533. The predicted molar refractivity (Wildman–Crippen MR) is 83.0 cm³/mol. The number of hydrogen-bond acceptors (Lipinski definition) is 4. The Labute approximate surface area is 130 Å². The molecule has 0 fully saturated rings. The molecule has 0 spiro atoms. The average molecular weight is 316 g/mol. The van der Waals surface area contributed by atoms with Crippen molar-refractivity contribution in [3.8, 4) is 17.2 Å². The maximum Gasteiger partial charge on any atom is 0.255 e. The average Bonchev–Trinajstić information content (AvgIpc) is 2.51. The van der Waals surface area contributed by atoms with Crippen LogP contribution in [-0.4, -0.2) is 39.2 Å². The van der Waals surface area contributed by atoms with Crippen LogP contribution in [0.4, 0.5) is 0 Å². The van der Waals surface area contributed by atoms with Crippen molar-refractivity contribution in [1.29, 1.82) is 0 Å². The van der Waals surface area contributed by atoms with Gasteiger partial charge in [-0.25, -0.2) is 0 Å². The van der Waals surface area contributed by atoms with Crippen LogP contribution in [0.15, 0.2) is 12.1 Å². The Hall–Kier alpha value is -1.62. The lowest BCUT2D eigenvalue weighted by atomic mass is 10.1. The van der Waals surface area contributed by atoms with Crippen LogP contribution in [0.1, 0.15) is 30.1 Å². The van der Waals surface area contributed by atoms with Crippen molar-refractivity contribution >= 4 is 17.5 Å². The zero-order valence-corrected chi connectivity index (χ0v) is 13.6. The maximum absolute atomic E-state index is 12.3. The van der Waals surface area contributed by atoms with E-state index in [9.17, 15) is 4.79 Å². The number of rotatable bonds is 8. The van der Waals surface area contributed by atoms with Crippen molar-refractivity contribution < 1.29 is 19.0 Å². The van der Waals surface area contributed by atoms with E-state index in [4.69, 9.17) is 25.8 Å². The molecule has 1 rings (SSSR count). The molecule has 0 aliphatic rings. The predicted octanol–water partition coefficient (Wildman–Crippen LogP) is 2.85. The van der Waals surface area contributed by atoms with Crippen molar-refractivity contribution in [2.45, 2.75) is 25.8 Å². The normalized spacial score (nSPS) is 11.7. The third-order valence-electron chi connectivity index (χ3n) is 3.10. The van der Waals surface area contributed by atoms with Gasteiger partial charge in [0.05, 0.1) is 26.9 Å². The van der Waals surface area contributed by atoms with Crippen LogP contribution in [0.2, 0.25) is 0 Å². The van der Waals surface area contributed by atoms with Gasteiger partial charge in [0.25, 0.3) is 5.91 Å². The summed E-state index contributed by atoms with van der Waals surface area (Å²) in [5.74, 6) is 1.81. The minimum atomic E-state index is -0.213. The highest BCUT2D eigenvalue weighted by Crippen LogP contribution is 2.34. The van der Waals surface area contributed by atoms with Crippen molar-refractivity contribution in [2.75, 3.05) is 27.2 Å². The van der Waals surface area contributed by atoms with E-state index in [1.165, 1.54) is 21.3 Å². The van der Waals surface area contributed by atoms with Crippen LogP contribution in [0.3, 0.4) is 0 Å². The highest BCUT2D eigenvalue weighted by atomic mass is 35.5. The van der Waals surface area contributed by atoms with Crippen LogP contribution in [0, 0.1) is 0 Å². The number of ether oxygens (including phenoxy) is 3. The second-order valence-electron chi connectivity index (χ2n) is 4.61. The van der Waals surface area contributed by atoms with Gasteiger partial charge in [0.2, 0.25) is 0 Å². The lowest BCUT2D eigenvalue weighted by Gasteiger charge is -2.17. The third-order valence-corrected chi connectivity index (χ3v) is 3.37.